The molecular formula is C76H184O11. The van der Waals surface area contributed by atoms with Gasteiger partial charge in [0.25, 0.3) is 0 Å². The molecule has 1 heterocycles. The van der Waals surface area contributed by atoms with Crippen LogP contribution in [-0.4, -0.2) is 142 Å². The van der Waals surface area contributed by atoms with Gasteiger partial charge in [-0.2, -0.15) is 0 Å². The van der Waals surface area contributed by atoms with Crippen LogP contribution in [0.1, 0.15) is 318 Å². The van der Waals surface area contributed by atoms with Crippen LogP contribution in [0.15, 0.2) is 0 Å². The second-order valence-electron chi connectivity index (χ2n) is 25.6. The molecule has 0 bridgehead atoms. The van der Waals surface area contributed by atoms with Gasteiger partial charge in [0.2, 0.25) is 0 Å². The van der Waals surface area contributed by atoms with E-state index in [0.717, 1.165) is 95.3 Å². The van der Waals surface area contributed by atoms with Crippen LogP contribution in [0, 0.1) is 47.3 Å². The van der Waals surface area contributed by atoms with Gasteiger partial charge in [-0.3, -0.25) is 0 Å². The summed E-state index contributed by atoms with van der Waals surface area (Å²) in [7, 11) is 5.09. The van der Waals surface area contributed by atoms with Crippen molar-refractivity contribution in [2.75, 3.05) is 87.4 Å². The minimum Gasteiger partial charge on any atom is -0.384 e. The first-order chi connectivity index (χ1) is 37.0. The van der Waals surface area contributed by atoms with Gasteiger partial charge < -0.3 is 52.1 Å². The van der Waals surface area contributed by atoms with Crippen LogP contribution >= 0.6 is 0 Å². The zero-order valence-electron chi connectivity index (χ0n) is 61.3. The normalized spacial score (nSPS) is 13.0. The van der Waals surface area contributed by atoms with E-state index in [1.54, 1.807) is 21.3 Å². The molecular weight excluding hydrogens is 1090 g/mol. The predicted molar refractivity (Wildman–Crippen MR) is 401 cm³/mol. The Morgan fingerprint density at radius 2 is 0.770 bits per heavy atom. The molecule has 0 radical (unpaired) electrons. The van der Waals surface area contributed by atoms with E-state index in [1.807, 2.05) is 62.3 Å². The Morgan fingerprint density at radius 3 is 0.920 bits per heavy atom. The van der Waals surface area contributed by atoms with Gasteiger partial charge in [0.1, 0.15) is 0 Å². The minimum absolute atomic E-state index is 0. The Hall–Kier alpha value is -0.440. The van der Waals surface area contributed by atoms with E-state index in [-0.39, 0.29) is 52.0 Å². The third-order valence-corrected chi connectivity index (χ3v) is 9.42. The van der Waals surface area contributed by atoms with Crippen LogP contribution in [-0.2, 0) is 52.1 Å². The zero-order valence-corrected chi connectivity index (χ0v) is 61.3. The van der Waals surface area contributed by atoms with Crippen molar-refractivity contribution in [2.24, 2.45) is 47.3 Å². The smallest absolute Gasteiger partial charge is 0.0833 e. The summed E-state index contributed by atoms with van der Waals surface area (Å²) in [6.45, 7) is 75.9. The quantitative estimate of drug-likeness (QED) is 0.0817. The van der Waals surface area contributed by atoms with Gasteiger partial charge >= 0.3 is 0 Å². The summed E-state index contributed by atoms with van der Waals surface area (Å²) >= 11 is 0. The molecule has 3 rings (SSSR count). The SMILES string of the molecule is C.C.C.C.C.C.C.CC(C)C.CC(C)C1CC1.CC(C)COC(C)C.CC(C)OC(C)C.CC(C)OC1CCOC1.CC(C)OCC1CC1.CCC(C)C.CCCOC(C)C.CCOCC(C)C.COC(C)C.COCC(C)C.COCCOC(C)C. The maximum Gasteiger partial charge on any atom is 0.0833 e. The van der Waals surface area contributed by atoms with Gasteiger partial charge in [-0.15, -0.1) is 0 Å². The summed E-state index contributed by atoms with van der Waals surface area (Å²) in [4.78, 5) is 0. The average Bonchev–Trinajstić information content (AvgIpc) is 4.28. The molecule has 1 atom stereocenters. The highest BCUT2D eigenvalue weighted by molar-refractivity contribution is 4.75. The first kappa shape index (κ1) is 127. The summed E-state index contributed by atoms with van der Waals surface area (Å²) in [5.41, 5.74) is 0. The molecule has 0 N–H and O–H groups in total. The number of ether oxygens (including phenoxy) is 11. The van der Waals surface area contributed by atoms with E-state index >= 15 is 0 Å². The third-order valence-electron chi connectivity index (χ3n) is 9.42. The topological polar surface area (TPSA) is 102 Å². The molecule has 3 fully saturated rings. The zero-order chi connectivity index (χ0) is 64.6. The lowest BCUT2D eigenvalue weighted by atomic mass is 10.1. The number of hydrogen-bond donors (Lipinski definition) is 0. The van der Waals surface area contributed by atoms with Crippen LogP contribution in [0.25, 0.3) is 0 Å². The van der Waals surface area contributed by atoms with Gasteiger partial charge in [0.05, 0.1) is 74.8 Å². The van der Waals surface area contributed by atoms with E-state index in [9.17, 15) is 0 Å². The number of hydrogen-bond acceptors (Lipinski definition) is 11. The number of rotatable bonds is 25. The Labute approximate surface area is 557 Å². The molecule has 0 spiro atoms. The van der Waals surface area contributed by atoms with Gasteiger partial charge in [0.15, 0.2) is 0 Å². The molecule has 0 aromatic rings. The van der Waals surface area contributed by atoms with E-state index in [2.05, 4.69) is 159 Å². The first-order valence-corrected chi connectivity index (χ1v) is 32.4. The molecule has 1 aliphatic heterocycles. The van der Waals surface area contributed by atoms with Crippen LogP contribution in [0.4, 0.5) is 0 Å². The van der Waals surface area contributed by atoms with Crippen molar-refractivity contribution in [1.29, 1.82) is 0 Å². The molecule has 554 valence electrons. The minimum atomic E-state index is 0. The highest BCUT2D eigenvalue weighted by Crippen LogP contribution is 2.35. The molecule has 1 unspecified atom stereocenters. The molecule has 11 heteroatoms. The van der Waals surface area contributed by atoms with Crippen molar-refractivity contribution in [3.05, 3.63) is 0 Å². The second-order valence-corrected chi connectivity index (χ2v) is 25.6. The average molecular weight is 1270 g/mol. The largest absolute Gasteiger partial charge is 0.384 e. The van der Waals surface area contributed by atoms with Crippen molar-refractivity contribution in [1.82, 2.24) is 0 Å². The van der Waals surface area contributed by atoms with Gasteiger partial charge in [-0.1, -0.05) is 162 Å². The summed E-state index contributed by atoms with van der Waals surface area (Å²) in [6, 6.07) is 0. The highest BCUT2D eigenvalue weighted by Gasteiger charge is 2.24. The van der Waals surface area contributed by atoms with Crippen molar-refractivity contribution in [3.8, 4) is 0 Å². The van der Waals surface area contributed by atoms with Crippen LogP contribution in [0.2, 0.25) is 0 Å². The maximum absolute atomic E-state index is 5.49. The summed E-state index contributed by atoms with van der Waals surface area (Å²) in [5, 5.41) is 0. The van der Waals surface area contributed by atoms with E-state index in [1.165, 1.54) is 32.1 Å². The Bertz CT molecular complexity index is 951. The Morgan fingerprint density at radius 1 is 0.391 bits per heavy atom. The van der Waals surface area contributed by atoms with Gasteiger partial charge in [-0.05, 0) is 204 Å². The summed E-state index contributed by atoms with van der Waals surface area (Å²) in [6.07, 6.45) is 12.7. The Balaban J connectivity index is -0.0000000451. The molecule has 0 aromatic carbocycles. The van der Waals surface area contributed by atoms with E-state index in [4.69, 9.17) is 52.1 Å². The monoisotopic (exact) mass is 1270 g/mol. The van der Waals surface area contributed by atoms with Crippen molar-refractivity contribution < 1.29 is 52.1 Å². The van der Waals surface area contributed by atoms with E-state index < -0.39 is 0 Å². The first-order valence-electron chi connectivity index (χ1n) is 32.4. The molecule has 1 saturated heterocycles. The lowest BCUT2D eigenvalue weighted by Crippen LogP contribution is -2.17. The summed E-state index contributed by atoms with van der Waals surface area (Å²) < 4.78 is 56.3. The maximum atomic E-state index is 5.49. The van der Waals surface area contributed by atoms with Gasteiger partial charge in [-0.25, -0.2) is 0 Å². The van der Waals surface area contributed by atoms with Gasteiger partial charge in [0, 0.05) is 67.6 Å². The molecule has 87 heavy (non-hydrogen) atoms. The number of methoxy groups -OCH3 is 3. The van der Waals surface area contributed by atoms with Crippen LogP contribution in [0.3, 0.4) is 0 Å². The van der Waals surface area contributed by atoms with Crippen molar-refractivity contribution >= 4 is 0 Å². The Kier molecular flexibility index (Phi) is 145. The predicted octanol–water partition coefficient (Wildman–Crippen LogP) is 24.0. The molecule has 0 aromatic heterocycles. The molecule has 0 amide bonds. The lowest BCUT2D eigenvalue weighted by molar-refractivity contribution is 0.00285. The van der Waals surface area contributed by atoms with E-state index in [0.29, 0.717) is 85.9 Å². The molecule has 3 aliphatic rings. The van der Waals surface area contributed by atoms with Crippen LogP contribution in [0.5, 0.6) is 0 Å². The highest BCUT2D eigenvalue weighted by atomic mass is 16.6. The molecule has 2 aliphatic carbocycles. The lowest BCUT2D eigenvalue weighted by Gasteiger charge is -2.12. The fourth-order valence-electron chi connectivity index (χ4n) is 4.72. The van der Waals surface area contributed by atoms with Crippen molar-refractivity contribution in [2.45, 2.75) is 373 Å². The fraction of sp³-hybridized carbons (Fsp3) is 1.00. The van der Waals surface area contributed by atoms with Crippen LogP contribution < -0.4 is 0 Å². The van der Waals surface area contributed by atoms with Crippen molar-refractivity contribution in [3.63, 3.8) is 0 Å². The standard InChI is InChI=1S/C7H14O2.C7H14O.C7H16O.C6H14O2.3C6H14O.C6H12.C5H12O.C5H12.C4H10O.C4H10.7CH4/c1-6(2)9-7-3-4-8-5-7;1-6(2)8-5-7-3-4-7;1-6(2)5-8-7(3)4;1-6(2)8-5-4-7-3;1-5(2)7-6(3)4;1-4-7-5-6(2)3;1-4-5-7-6(2)3;1-5(2)6-3-4-6;1-5(2)4-6-3;1-4-5(2)3;1-4(2)5-3;1-4(2)3;;;;;;;/h6-7H,3-5H2,1-2H3;6-7H,3-5H2,1-2H3;6-7H,5H2,1-4H3;6H,4-5H2,1-3H3;5-6H,1-4H3;2*6H,4-5H2,1-3H3;5-6H,3-4H2,1-2H3;5H,4H2,1-3H3;5H,4H2,1-3H3;4H,1-3H3;4H,1-3H3;7*1H4. The molecule has 11 nitrogen and oxygen atoms in total. The third kappa shape index (κ3) is 201. The molecule has 2 saturated carbocycles. The fourth-order valence-corrected chi connectivity index (χ4v) is 4.72. The summed E-state index contributed by atoms with van der Waals surface area (Å²) in [5.74, 6) is 6.72. The second kappa shape index (κ2) is 99.1.